The van der Waals surface area contributed by atoms with Crippen molar-refractivity contribution in [2.45, 2.75) is 20.8 Å². The number of aryl methyl sites for hydroxylation is 1. The van der Waals surface area contributed by atoms with E-state index in [4.69, 9.17) is 21.6 Å². The molecule has 0 N–H and O–H groups in total. The number of benzene rings is 1. The molecule has 0 unspecified atom stereocenters. The maximum atomic E-state index is 11.9. The minimum Gasteiger partial charge on any atom is -0.465 e. The molecule has 2 aromatic rings. The van der Waals surface area contributed by atoms with Gasteiger partial charge in [0.15, 0.2) is 0 Å². The Morgan fingerprint density at radius 3 is 2.50 bits per heavy atom. The van der Waals surface area contributed by atoms with Crippen molar-refractivity contribution in [2.24, 2.45) is 0 Å². The van der Waals surface area contributed by atoms with Gasteiger partial charge in [-0.15, -0.1) is 0 Å². The molecule has 0 aliphatic rings. The van der Waals surface area contributed by atoms with E-state index in [1.165, 1.54) is 13.2 Å². The lowest BCUT2D eigenvalue weighted by molar-refractivity contribution is 0.0601. The fraction of sp³-hybridized carbons (Fsp3) is 0.235. The van der Waals surface area contributed by atoms with Crippen LogP contribution in [0.5, 0.6) is 0 Å². The summed E-state index contributed by atoms with van der Waals surface area (Å²) in [5.74, 6) is -0.498. The van der Waals surface area contributed by atoms with E-state index >= 15 is 0 Å². The summed E-state index contributed by atoms with van der Waals surface area (Å²) >= 11 is 5.94. The Hall–Kier alpha value is -2.38. The van der Waals surface area contributed by atoms with Crippen LogP contribution in [0.3, 0.4) is 0 Å². The highest BCUT2D eigenvalue weighted by Crippen LogP contribution is 2.27. The Morgan fingerprint density at radius 2 is 1.95 bits per heavy atom. The van der Waals surface area contributed by atoms with E-state index in [1.807, 2.05) is 32.9 Å². The predicted molar refractivity (Wildman–Crippen MR) is 86.8 cm³/mol. The van der Waals surface area contributed by atoms with E-state index in [0.717, 1.165) is 11.3 Å². The summed E-state index contributed by atoms with van der Waals surface area (Å²) in [5, 5.41) is 9.28. The van der Waals surface area contributed by atoms with Crippen molar-refractivity contribution < 1.29 is 9.53 Å². The van der Waals surface area contributed by atoms with Gasteiger partial charge in [0.25, 0.3) is 0 Å². The predicted octanol–water partition coefficient (Wildman–Crippen LogP) is 4.39. The number of carbonyl (C=O) groups excluding carboxylic acids is 1. The van der Waals surface area contributed by atoms with E-state index in [9.17, 15) is 4.79 Å². The molecule has 0 bridgehead atoms. The third-order valence-electron chi connectivity index (χ3n) is 2.79. The molecule has 0 saturated heterocycles. The molecule has 114 valence electrons. The van der Waals surface area contributed by atoms with Gasteiger partial charge in [0.2, 0.25) is 0 Å². The first-order chi connectivity index (χ1) is 10.5. The van der Waals surface area contributed by atoms with Gasteiger partial charge < -0.3 is 4.74 Å². The molecule has 4 nitrogen and oxygen atoms in total. The minimum atomic E-state index is -0.498. The normalized spacial score (nSPS) is 9.27. The zero-order valence-electron chi connectivity index (χ0n) is 13.0. The molecule has 0 saturated carbocycles. The van der Waals surface area contributed by atoms with Crippen molar-refractivity contribution in [1.29, 1.82) is 5.26 Å². The first-order valence-electron chi connectivity index (χ1n) is 6.82. The molecule has 0 atom stereocenters. The largest absolute Gasteiger partial charge is 0.465 e. The summed E-state index contributed by atoms with van der Waals surface area (Å²) in [4.78, 5) is 16.0. The van der Waals surface area contributed by atoms with Crippen molar-refractivity contribution in [3.8, 4) is 17.2 Å². The quantitative estimate of drug-likeness (QED) is 0.608. The van der Waals surface area contributed by atoms with Crippen LogP contribution in [0, 0.1) is 18.3 Å². The van der Waals surface area contributed by atoms with Crippen LogP contribution in [0.15, 0.2) is 30.3 Å². The van der Waals surface area contributed by atoms with Crippen molar-refractivity contribution >= 4 is 17.6 Å². The molecule has 0 amide bonds. The molecule has 1 heterocycles. The molecule has 1 aromatic carbocycles. The molecule has 1 aromatic heterocycles. The molecule has 5 heteroatoms. The van der Waals surface area contributed by atoms with Gasteiger partial charge in [-0.05, 0) is 42.3 Å². The van der Waals surface area contributed by atoms with E-state index < -0.39 is 5.97 Å². The second-order valence-electron chi connectivity index (χ2n) is 4.18. The number of pyridine rings is 1. The Morgan fingerprint density at radius 1 is 1.27 bits per heavy atom. The Bertz CT molecular complexity index is 701. The highest BCUT2D eigenvalue weighted by Gasteiger charge is 2.15. The molecule has 2 rings (SSSR count). The van der Waals surface area contributed by atoms with Gasteiger partial charge in [0.1, 0.15) is 5.15 Å². The number of ether oxygens (including phenoxy) is 1. The van der Waals surface area contributed by atoms with Gasteiger partial charge in [-0.25, -0.2) is 9.78 Å². The zero-order chi connectivity index (χ0) is 16.7. The first-order valence-corrected chi connectivity index (χ1v) is 7.20. The molecular weight excluding hydrogens is 300 g/mol. The Labute approximate surface area is 135 Å². The topological polar surface area (TPSA) is 63.0 Å². The lowest BCUT2D eigenvalue weighted by Crippen LogP contribution is -2.04. The minimum absolute atomic E-state index is 0.327. The number of nitrogens with zero attached hydrogens (tertiary/aromatic N) is 2. The van der Waals surface area contributed by atoms with Gasteiger partial charge >= 0.3 is 5.97 Å². The molecular formula is C17H17ClN2O2. The molecule has 22 heavy (non-hydrogen) atoms. The monoisotopic (exact) mass is 316 g/mol. The SMILES string of the molecule is CC.COC(=O)c1cc(C#N)ccc1-c1cc(C)nc(Cl)c1. The van der Waals surface area contributed by atoms with Crippen molar-refractivity contribution in [1.82, 2.24) is 4.98 Å². The molecule has 0 aliphatic heterocycles. The van der Waals surface area contributed by atoms with Crippen LogP contribution < -0.4 is 0 Å². The van der Waals surface area contributed by atoms with Gasteiger partial charge in [0.05, 0.1) is 24.3 Å². The van der Waals surface area contributed by atoms with Gasteiger partial charge in [0, 0.05) is 5.69 Å². The summed E-state index contributed by atoms with van der Waals surface area (Å²) in [7, 11) is 1.30. The van der Waals surface area contributed by atoms with Crippen LogP contribution >= 0.6 is 11.6 Å². The fourth-order valence-electron chi connectivity index (χ4n) is 1.93. The maximum Gasteiger partial charge on any atom is 0.338 e. The number of esters is 1. The van der Waals surface area contributed by atoms with Crippen LogP contribution in [0.1, 0.15) is 35.5 Å². The molecule has 0 radical (unpaired) electrons. The van der Waals surface area contributed by atoms with Crippen molar-refractivity contribution in [2.75, 3.05) is 7.11 Å². The van der Waals surface area contributed by atoms with E-state index in [2.05, 4.69) is 4.98 Å². The van der Waals surface area contributed by atoms with Crippen LogP contribution in [-0.2, 0) is 4.74 Å². The second kappa shape index (κ2) is 8.16. The number of methoxy groups -OCH3 is 1. The maximum absolute atomic E-state index is 11.9. The number of nitriles is 1. The summed E-state index contributed by atoms with van der Waals surface area (Å²) in [6, 6.07) is 10.3. The number of hydrogen-bond donors (Lipinski definition) is 0. The van der Waals surface area contributed by atoms with Crippen LogP contribution in [0.2, 0.25) is 5.15 Å². The molecule has 0 fully saturated rings. The standard InChI is InChI=1S/C15H11ClN2O2.C2H6/c1-9-5-11(7-14(16)18-9)12-4-3-10(8-17)6-13(12)15(19)20-2;1-2/h3-7H,1-2H3;1-2H3. The fourth-order valence-corrected chi connectivity index (χ4v) is 2.18. The third kappa shape index (κ3) is 4.06. The third-order valence-corrected chi connectivity index (χ3v) is 2.98. The Balaban J connectivity index is 0.00000116. The van der Waals surface area contributed by atoms with E-state index in [1.54, 1.807) is 18.2 Å². The average molecular weight is 317 g/mol. The Kier molecular flexibility index (Phi) is 6.55. The van der Waals surface area contributed by atoms with Crippen molar-refractivity contribution in [3.05, 3.63) is 52.3 Å². The van der Waals surface area contributed by atoms with Gasteiger partial charge in [-0.3, -0.25) is 0 Å². The number of carbonyl (C=O) groups is 1. The lowest BCUT2D eigenvalue weighted by Gasteiger charge is -2.09. The summed E-state index contributed by atoms with van der Waals surface area (Å²) in [5.41, 5.74) is 2.88. The van der Waals surface area contributed by atoms with Crippen LogP contribution in [-0.4, -0.2) is 18.1 Å². The summed E-state index contributed by atoms with van der Waals surface area (Å²) in [6.45, 7) is 5.82. The average Bonchev–Trinajstić information content (AvgIpc) is 2.54. The molecule has 0 aliphatic carbocycles. The lowest BCUT2D eigenvalue weighted by atomic mass is 9.98. The number of rotatable bonds is 2. The summed E-state index contributed by atoms with van der Waals surface area (Å²) in [6.07, 6.45) is 0. The second-order valence-corrected chi connectivity index (χ2v) is 4.57. The van der Waals surface area contributed by atoms with Gasteiger partial charge in [-0.2, -0.15) is 5.26 Å². The smallest absolute Gasteiger partial charge is 0.338 e. The van der Waals surface area contributed by atoms with Gasteiger partial charge in [-0.1, -0.05) is 31.5 Å². The highest BCUT2D eigenvalue weighted by atomic mass is 35.5. The summed E-state index contributed by atoms with van der Waals surface area (Å²) < 4.78 is 4.76. The zero-order valence-corrected chi connectivity index (χ0v) is 13.7. The van der Waals surface area contributed by atoms with E-state index in [0.29, 0.717) is 21.8 Å². The highest BCUT2D eigenvalue weighted by molar-refractivity contribution is 6.29. The number of hydrogen-bond acceptors (Lipinski definition) is 4. The first kappa shape index (κ1) is 17.7. The van der Waals surface area contributed by atoms with Crippen molar-refractivity contribution in [3.63, 3.8) is 0 Å². The number of halogens is 1. The molecule has 0 spiro atoms. The van der Waals surface area contributed by atoms with Crippen LogP contribution in [0.4, 0.5) is 0 Å². The number of aromatic nitrogens is 1. The van der Waals surface area contributed by atoms with Crippen LogP contribution in [0.25, 0.3) is 11.1 Å². The van der Waals surface area contributed by atoms with E-state index in [-0.39, 0.29) is 0 Å².